The van der Waals surface area contributed by atoms with Gasteiger partial charge in [-0.1, -0.05) is 30.3 Å². The molecule has 1 atom stereocenters. The van der Waals surface area contributed by atoms with Gasteiger partial charge in [-0.2, -0.15) is 0 Å². The summed E-state index contributed by atoms with van der Waals surface area (Å²) in [5, 5.41) is 3.67. The lowest BCUT2D eigenvalue weighted by molar-refractivity contribution is -0.0163. The molecule has 4 saturated carbocycles. The van der Waals surface area contributed by atoms with Crippen LogP contribution in [0.25, 0.3) is 5.69 Å². The van der Waals surface area contributed by atoms with Crippen LogP contribution >= 0.6 is 11.8 Å². The largest absolute Gasteiger partial charge is 0.332 e. The summed E-state index contributed by atoms with van der Waals surface area (Å²) in [6.07, 6.45) is 11.9. The van der Waals surface area contributed by atoms with Crippen LogP contribution in [0, 0.1) is 17.8 Å². The number of aromatic nitrogens is 1. The summed E-state index contributed by atoms with van der Waals surface area (Å²) in [6, 6.07) is 21.5. The van der Waals surface area contributed by atoms with Crippen LogP contribution in [0.1, 0.15) is 61.4 Å². The van der Waals surface area contributed by atoms with Crippen LogP contribution in [0.4, 0.5) is 4.79 Å². The van der Waals surface area contributed by atoms with E-state index in [2.05, 4.69) is 87.9 Å². The van der Waals surface area contributed by atoms with Gasteiger partial charge in [-0.25, -0.2) is 4.79 Å². The molecule has 3 aromatic rings. The van der Waals surface area contributed by atoms with Crippen LogP contribution in [-0.2, 0) is 6.54 Å². The molecule has 4 aliphatic carbocycles. The molecule has 5 heteroatoms. The third kappa shape index (κ3) is 3.62. The number of nitrogens with one attached hydrogen (secondary N) is 1. The molecular weight excluding hydrogens is 450 g/mol. The van der Waals surface area contributed by atoms with Crippen LogP contribution < -0.4 is 5.32 Å². The molecule has 8 rings (SSSR count). The van der Waals surface area contributed by atoms with Crippen molar-refractivity contribution in [2.45, 2.75) is 61.5 Å². The Kier molecular flexibility index (Phi) is 5.06. The topological polar surface area (TPSA) is 37.3 Å². The molecule has 0 saturated heterocycles. The van der Waals surface area contributed by atoms with E-state index in [1.807, 2.05) is 0 Å². The Bertz CT molecular complexity index is 1230. The average molecular weight is 484 g/mol. The van der Waals surface area contributed by atoms with E-state index in [4.69, 9.17) is 0 Å². The molecule has 180 valence electrons. The van der Waals surface area contributed by atoms with Gasteiger partial charge in [0.15, 0.2) is 0 Å². The zero-order valence-corrected chi connectivity index (χ0v) is 21.1. The van der Waals surface area contributed by atoms with Crippen molar-refractivity contribution in [2.24, 2.45) is 17.8 Å². The molecule has 0 spiro atoms. The quantitative estimate of drug-likeness (QED) is 0.417. The fraction of sp³-hybridized carbons (Fsp3) is 0.433. The van der Waals surface area contributed by atoms with E-state index in [0.717, 1.165) is 29.0 Å². The van der Waals surface area contributed by atoms with Gasteiger partial charge in [0, 0.05) is 22.3 Å². The highest BCUT2D eigenvalue weighted by molar-refractivity contribution is 7.98. The van der Waals surface area contributed by atoms with E-state index in [1.54, 1.807) is 11.8 Å². The average Bonchev–Trinajstić information content (AvgIpc) is 3.27. The lowest BCUT2D eigenvalue weighted by Gasteiger charge is -2.57. The first-order chi connectivity index (χ1) is 17.1. The predicted octanol–water partition coefficient (Wildman–Crippen LogP) is 6.78. The Labute approximate surface area is 212 Å². The molecule has 1 unspecified atom stereocenters. The highest BCUT2D eigenvalue weighted by atomic mass is 32.2. The molecule has 4 nitrogen and oxygen atoms in total. The minimum absolute atomic E-state index is 0.00704. The van der Waals surface area contributed by atoms with Crippen LogP contribution in [0.15, 0.2) is 71.8 Å². The Hall–Kier alpha value is -2.66. The summed E-state index contributed by atoms with van der Waals surface area (Å²) < 4.78 is 2.28. The van der Waals surface area contributed by atoms with Crippen LogP contribution in [-0.4, -0.2) is 27.3 Å². The zero-order chi connectivity index (χ0) is 23.6. The number of thioether (sulfide) groups is 1. The van der Waals surface area contributed by atoms with Crippen molar-refractivity contribution in [3.63, 3.8) is 0 Å². The number of rotatable bonds is 3. The van der Waals surface area contributed by atoms with Gasteiger partial charge in [0.05, 0.1) is 18.3 Å². The van der Waals surface area contributed by atoms with Crippen LogP contribution in [0.2, 0.25) is 0 Å². The number of carbonyl (C=O) groups is 1. The summed E-state index contributed by atoms with van der Waals surface area (Å²) in [5.74, 6) is 2.41. The van der Waals surface area contributed by atoms with E-state index in [1.165, 1.54) is 54.7 Å². The minimum Gasteiger partial charge on any atom is -0.332 e. The summed E-state index contributed by atoms with van der Waals surface area (Å²) in [4.78, 5) is 17.6. The number of hydrogen-bond donors (Lipinski definition) is 1. The maximum absolute atomic E-state index is 14.3. The number of benzene rings is 2. The number of nitrogens with zero attached hydrogens (tertiary/aromatic N) is 2. The first-order valence-electron chi connectivity index (χ1n) is 13.1. The molecule has 0 radical (unpaired) electrons. The van der Waals surface area contributed by atoms with Crippen molar-refractivity contribution in [3.05, 3.63) is 83.7 Å². The standard InChI is InChI=1S/C30H33N3OS/c1-35-25-10-8-23(9-11-25)28-27-7-4-12-32(27)26-6-3-2-5-24(26)19-33(28)29(34)31-30-16-20-13-21(17-30)15-22(14-20)18-30/h2-12,20-22,28H,13-19H2,1H3,(H,31,34). The molecular formula is C30H33N3OS. The van der Waals surface area contributed by atoms with Crippen molar-refractivity contribution in [1.82, 2.24) is 14.8 Å². The van der Waals surface area contributed by atoms with Gasteiger partial charge in [-0.15, -0.1) is 11.8 Å². The van der Waals surface area contributed by atoms with E-state index >= 15 is 0 Å². The molecule has 2 heterocycles. The third-order valence-electron chi connectivity index (χ3n) is 9.07. The Morgan fingerprint density at radius 1 is 0.914 bits per heavy atom. The summed E-state index contributed by atoms with van der Waals surface area (Å²) in [6.45, 7) is 0.602. The number of para-hydroxylation sites is 1. The van der Waals surface area contributed by atoms with E-state index in [-0.39, 0.29) is 17.6 Å². The second-order valence-electron chi connectivity index (χ2n) is 11.4. The Balaban J connectivity index is 1.30. The van der Waals surface area contributed by atoms with Gasteiger partial charge >= 0.3 is 6.03 Å². The van der Waals surface area contributed by atoms with Crippen molar-refractivity contribution in [3.8, 4) is 5.69 Å². The predicted molar refractivity (Wildman–Crippen MR) is 141 cm³/mol. The molecule has 1 aliphatic heterocycles. The van der Waals surface area contributed by atoms with Crippen LogP contribution in [0.5, 0.6) is 0 Å². The molecule has 4 bridgehead atoms. The van der Waals surface area contributed by atoms with Gasteiger partial charge in [0.1, 0.15) is 0 Å². The van der Waals surface area contributed by atoms with Crippen molar-refractivity contribution < 1.29 is 4.79 Å². The van der Waals surface area contributed by atoms with Gasteiger partial charge in [-0.05, 0) is 104 Å². The highest BCUT2D eigenvalue weighted by Crippen LogP contribution is 2.55. The van der Waals surface area contributed by atoms with Gasteiger partial charge in [0.25, 0.3) is 0 Å². The third-order valence-corrected chi connectivity index (χ3v) is 9.81. The van der Waals surface area contributed by atoms with E-state index < -0.39 is 0 Å². The lowest BCUT2D eigenvalue weighted by Crippen LogP contribution is -2.62. The number of carbonyl (C=O) groups excluding carboxylic acids is 1. The molecule has 1 N–H and O–H groups in total. The second kappa shape index (κ2) is 8.19. The Morgan fingerprint density at radius 2 is 1.60 bits per heavy atom. The second-order valence-corrected chi connectivity index (χ2v) is 12.2. The molecule has 4 fully saturated rings. The summed E-state index contributed by atoms with van der Waals surface area (Å²) in [7, 11) is 0. The van der Waals surface area contributed by atoms with Crippen molar-refractivity contribution in [1.29, 1.82) is 0 Å². The van der Waals surface area contributed by atoms with Crippen molar-refractivity contribution in [2.75, 3.05) is 6.26 Å². The van der Waals surface area contributed by atoms with Gasteiger partial charge < -0.3 is 14.8 Å². The van der Waals surface area contributed by atoms with Crippen LogP contribution in [0.3, 0.4) is 0 Å². The minimum atomic E-state index is -0.137. The first kappa shape index (κ1) is 21.6. The normalized spacial score (nSPS) is 30.5. The Morgan fingerprint density at radius 3 is 2.29 bits per heavy atom. The zero-order valence-electron chi connectivity index (χ0n) is 20.3. The highest BCUT2D eigenvalue weighted by Gasteiger charge is 2.52. The fourth-order valence-corrected chi connectivity index (χ4v) is 8.45. The van der Waals surface area contributed by atoms with Crippen molar-refractivity contribution >= 4 is 17.8 Å². The van der Waals surface area contributed by atoms with E-state index in [9.17, 15) is 4.79 Å². The maximum atomic E-state index is 14.3. The molecule has 2 amide bonds. The SMILES string of the molecule is CSc1ccc(C2c3cccn3-c3ccccc3CN2C(=O)NC23CC4CC(CC(C4)C2)C3)cc1. The van der Waals surface area contributed by atoms with E-state index in [0.29, 0.717) is 6.54 Å². The number of hydrogen-bond acceptors (Lipinski definition) is 2. The smallest absolute Gasteiger partial charge is 0.318 e. The molecule has 1 aromatic heterocycles. The van der Waals surface area contributed by atoms with Gasteiger partial charge in [0.2, 0.25) is 0 Å². The monoisotopic (exact) mass is 483 g/mol. The number of urea groups is 1. The first-order valence-corrected chi connectivity index (χ1v) is 14.3. The summed E-state index contributed by atoms with van der Waals surface area (Å²) in [5.41, 5.74) is 4.66. The summed E-state index contributed by atoms with van der Waals surface area (Å²) >= 11 is 1.75. The van der Waals surface area contributed by atoms with Gasteiger partial charge in [-0.3, -0.25) is 0 Å². The lowest BCUT2D eigenvalue weighted by atomic mass is 9.53. The molecule has 2 aromatic carbocycles. The number of amides is 2. The number of fused-ring (bicyclic) bond motifs is 3. The molecule has 5 aliphatic rings. The molecule has 35 heavy (non-hydrogen) atoms. The fourth-order valence-electron chi connectivity index (χ4n) is 8.04. The maximum Gasteiger partial charge on any atom is 0.318 e.